The molecule has 2 atom stereocenters. The van der Waals surface area contributed by atoms with Gasteiger partial charge in [0.15, 0.2) is 0 Å². The van der Waals surface area contributed by atoms with Crippen molar-refractivity contribution in [1.82, 2.24) is 10.6 Å². The maximum absolute atomic E-state index is 12.5. The molecule has 1 aliphatic rings. The SMILES string of the molecule is CC(C)(C)c1ccc(C(=O)NC(NCC2CCCO2)C(Cl)(Cl)Cl)cc1. The van der Waals surface area contributed by atoms with Gasteiger partial charge in [-0.3, -0.25) is 10.1 Å². The molecule has 2 unspecified atom stereocenters. The highest BCUT2D eigenvalue weighted by molar-refractivity contribution is 6.68. The quantitative estimate of drug-likeness (QED) is 0.569. The molecule has 1 amide bonds. The molecule has 25 heavy (non-hydrogen) atoms. The van der Waals surface area contributed by atoms with Gasteiger partial charge in [0.1, 0.15) is 6.17 Å². The fourth-order valence-corrected chi connectivity index (χ4v) is 3.03. The minimum absolute atomic E-state index is 0.0257. The van der Waals surface area contributed by atoms with Crippen molar-refractivity contribution in [2.75, 3.05) is 13.2 Å². The molecule has 0 bridgehead atoms. The average Bonchev–Trinajstić information content (AvgIpc) is 3.02. The number of benzene rings is 1. The van der Waals surface area contributed by atoms with Crippen molar-refractivity contribution in [2.45, 2.75) is 55.1 Å². The lowest BCUT2D eigenvalue weighted by atomic mass is 9.87. The van der Waals surface area contributed by atoms with Crippen LogP contribution in [0.15, 0.2) is 24.3 Å². The highest BCUT2D eigenvalue weighted by Crippen LogP contribution is 2.29. The number of alkyl halides is 3. The van der Waals surface area contributed by atoms with Crippen molar-refractivity contribution in [3.05, 3.63) is 35.4 Å². The Morgan fingerprint density at radius 2 is 1.88 bits per heavy atom. The number of nitrogens with one attached hydrogen (secondary N) is 2. The number of halogens is 3. The molecule has 1 fully saturated rings. The summed E-state index contributed by atoms with van der Waals surface area (Å²) in [6.45, 7) is 7.63. The molecule has 0 spiro atoms. The van der Waals surface area contributed by atoms with E-state index in [0.717, 1.165) is 25.0 Å². The number of rotatable bonds is 5. The molecule has 1 aromatic rings. The standard InChI is InChI=1S/C18H25Cl3N2O2/c1-17(2,3)13-8-6-12(7-9-13)15(24)23-16(18(19,20)21)22-11-14-5-4-10-25-14/h6-9,14,16,22H,4-5,10-11H2,1-3H3,(H,23,24). The smallest absolute Gasteiger partial charge is 0.252 e. The topological polar surface area (TPSA) is 50.4 Å². The molecular weight excluding hydrogens is 383 g/mol. The van der Waals surface area contributed by atoms with Crippen molar-refractivity contribution in [2.24, 2.45) is 0 Å². The third-order valence-electron chi connectivity index (χ3n) is 4.19. The zero-order valence-electron chi connectivity index (χ0n) is 14.7. The van der Waals surface area contributed by atoms with Crippen LogP contribution < -0.4 is 10.6 Å². The Hall–Kier alpha value is -0.520. The molecule has 0 aliphatic carbocycles. The first-order chi connectivity index (χ1) is 11.6. The fourth-order valence-electron chi connectivity index (χ4n) is 2.64. The summed E-state index contributed by atoms with van der Waals surface area (Å²) in [4.78, 5) is 12.5. The van der Waals surface area contributed by atoms with Gasteiger partial charge in [-0.1, -0.05) is 67.7 Å². The molecule has 1 saturated heterocycles. The lowest BCUT2D eigenvalue weighted by molar-refractivity contribution is 0.0897. The Kier molecular flexibility index (Phi) is 7.02. The summed E-state index contributed by atoms with van der Waals surface area (Å²) in [5.74, 6) is -0.295. The van der Waals surface area contributed by atoms with Gasteiger partial charge in [0.2, 0.25) is 3.79 Å². The van der Waals surface area contributed by atoms with E-state index in [4.69, 9.17) is 39.5 Å². The lowest BCUT2D eigenvalue weighted by Crippen LogP contribution is -2.54. The summed E-state index contributed by atoms with van der Waals surface area (Å²) in [5, 5.41) is 5.84. The molecule has 2 rings (SSSR count). The molecule has 0 radical (unpaired) electrons. The van der Waals surface area contributed by atoms with E-state index in [1.54, 1.807) is 12.1 Å². The number of ether oxygens (including phenoxy) is 1. The average molecular weight is 408 g/mol. The van der Waals surface area contributed by atoms with Crippen molar-refractivity contribution < 1.29 is 9.53 Å². The van der Waals surface area contributed by atoms with E-state index >= 15 is 0 Å². The summed E-state index contributed by atoms with van der Waals surface area (Å²) in [7, 11) is 0. The molecule has 1 aromatic carbocycles. The lowest BCUT2D eigenvalue weighted by Gasteiger charge is -2.28. The Bertz CT molecular complexity index is 573. The van der Waals surface area contributed by atoms with E-state index in [1.165, 1.54) is 0 Å². The number of carbonyl (C=O) groups excluding carboxylic acids is 1. The van der Waals surface area contributed by atoms with Crippen LogP contribution >= 0.6 is 34.8 Å². The minimum Gasteiger partial charge on any atom is -0.377 e. The van der Waals surface area contributed by atoms with Crippen LogP contribution in [0.4, 0.5) is 0 Å². The molecule has 0 saturated carbocycles. The highest BCUT2D eigenvalue weighted by atomic mass is 35.6. The van der Waals surface area contributed by atoms with Gasteiger partial charge < -0.3 is 10.1 Å². The second-order valence-electron chi connectivity index (χ2n) is 7.32. The number of amides is 1. The zero-order chi connectivity index (χ0) is 18.7. The monoisotopic (exact) mass is 406 g/mol. The van der Waals surface area contributed by atoms with Crippen LogP contribution in [0, 0.1) is 0 Å². The van der Waals surface area contributed by atoms with Gasteiger partial charge in [0.05, 0.1) is 6.10 Å². The zero-order valence-corrected chi connectivity index (χ0v) is 17.0. The predicted molar refractivity (Wildman–Crippen MR) is 104 cm³/mol. The molecule has 7 heteroatoms. The fraction of sp³-hybridized carbons (Fsp3) is 0.611. The summed E-state index contributed by atoms with van der Waals surface area (Å²) in [6.07, 6.45) is 1.26. The second kappa shape index (κ2) is 8.45. The van der Waals surface area contributed by atoms with Gasteiger partial charge in [-0.15, -0.1) is 0 Å². The van der Waals surface area contributed by atoms with Crippen LogP contribution in [0.25, 0.3) is 0 Å². The number of carbonyl (C=O) groups is 1. The Morgan fingerprint density at radius 1 is 1.24 bits per heavy atom. The van der Waals surface area contributed by atoms with E-state index in [9.17, 15) is 4.79 Å². The maximum atomic E-state index is 12.5. The first-order valence-electron chi connectivity index (χ1n) is 8.40. The van der Waals surface area contributed by atoms with Crippen LogP contribution in [-0.4, -0.2) is 35.1 Å². The molecule has 2 N–H and O–H groups in total. The van der Waals surface area contributed by atoms with Crippen molar-refractivity contribution in [3.63, 3.8) is 0 Å². The van der Waals surface area contributed by atoms with Gasteiger partial charge in [-0.2, -0.15) is 0 Å². The predicted octanol–water partition coefficient (Wildman–Crippen LogP) is 4.18. The summed E-state index contributed by atoms with van der Waals surface area (Å²) >= 11 is 18.0. The van der Waals surface area contributed by atoms with Gasteiger partial charge in [0, 0.05) is 18.7 Å². The van der Waals surface area contributed by atoms with Crippen LogP contribution in [-0.2, 0) is 10.2 Å². The van der Waals surface area contributed by atoms with Crippen molar-refractivity contribution in [1.29, 1.82) is 0 Å². The normalized spacial score (nSPS) is 19.7. The van der Waals surface area contributed by atoms with Gasteiger partial charge in [-0.05, 0) is 36.0 Å². The molecular formula is C18H25Cl3N2O2. The van der Waals surface area contributed by atoms with Gasteiger partial charge in [-0.25, -0.2) is 0 Å². The maximum Gasteiger partial charge on any atom is 0.252 e. The molecule has 1 aliphatic heterocycles. The van der Waals surface area contributed by atoms with E-state index in [1.807, 2.05) is 12.1 Å². The third-order valence-corrected chi connectivity index (χ3v) is 4.84. The first kappa shape index (κ1) is 20.8. The first-order valence-corrected chi connectivity index (χ1v) is 9.54. The van der Waals surface area contributed by atoms with Crippen LogP contribution in [0.2, 0.25) is 0 Å². The molecule has 1 heterocycles. The van der Waals surface area contributed by atoms with Gasteiger partial charge >= 0.3 is 0 Å². The molecule has 4 nitrogen and oxygen atoms in total. The van der Waals surface area contributed by atoms with E-state index in [0.29, 0.717) is 12.1 Å². The Balaban J connectivity index is 2.00. The minimum atomic E-state index is -1.67. The van der Waals surface area contributed by atoms with Crippen molar-refractivity contribution >= 4 is 40.7 Å². The largest absolute Gasteiger partial charge is 0.377 e. The highest BCUT2D eigenvalue weighted by Gasteiger charge is 2.34. The van der Waals surface area contributed by atoms with Crippen LogP contribution in [0.5, 0.6) is 0 Å². The van der Waals surface area contributed by atoms with Crippen molar-refractivity contribution in [3.8, 4) is 0 Å². The van der Waals surface area contributed by atoms with Gasteiger partial charge in [0.25, 0.3) is 5.91 Å². The Labute approximate surface area is 164 Å². The van der Waals surface area contributed by atoms with E-state index < -0.39 is 9.96 Å². The van der Waals surface area contributed by atoms with Crippen LogP contribution in [0.1, 0.15) is 49.5 Å². The number of hydrogen-bond acceptors (Lipinski definition) is 3. The second-order valence-corrected chi connectivity index (χ2v) is 9.69. The summed E-state index contributed by atoms with van der Waals surface area (Å²) < 4.78 is 3.88. The summed E-state index contributed by atoms with van der Waals surface area (Å²) in [5.41, 5.74) is 1.70. The number of hydrogen-bond donors (Lipinski definition) is 2. The Morgan fingerprint density at radius 3 is 2.36 bits per heavy atom. The van der Waals surface area contributed by atoms with E-state index in [2.05, 4.69) is 31.4 Å². The third kappa shape index (κ3) is 6.30. The summed E-state index contributed by atoms with van der Waals surface area (Å²) in [6, 6.07) is 7.45. The van der Waals surface area contributed by atoms with E-state index in [-0.39, 0.29) is 17.4 Å². The molecule has 0 aromatic heterocycles. The molecule has 140 valence electrons. The van der Waals surface area contributed by atoms with Crippen LogP contribution in [0.3, 0.4) is 0 Å².